The van der Waals surface area contributed by atoms with Crippen LogP contribution in [0.1, 0.15) is 16.1 Å². The van der Waals surface area contributed by atoms with Crippen molar-refractivity contribution < 1.29 is 14.6 Å². The number of carbonyl (C=O) groups is 1. The molecule has 1 heterocycles. The van der Waals surface area contributed by atoms with Crippen molar-refractivity contribution in [1.82, 2.24) is 10.2 Å². The fourth-order valence-corrected chi connectivity index (χ4v) is 2.61. The second-order valence-electron chi connectivity index (χ2n) is 5.47. The highest BCUT2D eigenvalue weighted by Crippen LogP contribution is 2.26. The van der Waals surface area contributed by atoms with E-state index in [4.69, 9.17) is 16.3 Å². The number of aliphatic imine (C=N–C) groups is 1. The predicted molar refractivity (Wildman–Crippen MR) is 100 cm³/mol. The summed E-state index contributed by atoms with van der Waals surface area (Å²) in [5, 5.41) is 17.2. The molecule has 0 bridgehead atoms. The summed E-state index contributed by atoms with van der Waals surface area (Å²) in [5.41, 5.74) is 2.37. The van der Waals surface area contributed by atoms with E-state index in [2.05, 4.69) is 15.2 Å². The zero-order chi connectivity index (χ0) is 18.5. The minimum Gasteiger partial charge on any atom is -0.504 e. The minimum absolute atomic E-state index is 0.0146. The van der Waals surface area contributed by atoms with Crippen LogP contribution in [0.5, 0.6) is 11.5 Å². The average molecular weight is 370 g/mol. The van der Waals surface area contributed by atoms with E-state index in [1.54, 1.807) is 24.3 Å². The predicted octanol–water partition coefficient (Wildman–Crippen LogP) is 3.75. The Labute approximate surface area is 155 Å². The summed E-state index contributed by atoms with van der Waals surface area (Å²) in [7, 11) is 1.47. The summed E-state index contributed by atoms with van der Waals surface area (Å²) in [5.74, 6) is 0.188. The lowest BCUT2D eigenvalue weighted by Crippen LogP contribution is -2.04. The van der Waals surface area contributed by atoms with Crippen LogP contribution in [0, 0.1) is 0 Å². The first-order valence-electron chi connectivity index (χ1n) is 7.79. The second kappa shape index (κ2) is 7.84. The van der Waals surface area contributed by atoms with Crippen LogP contribution in [0.2, 0.25) is 5.02 Å². The Bertz CT molecular complexity index is 966. The Balaban J connectivity index is 1.67. The maximum Gasteiger partial charge on any atom is 0.201 e. The van der Waals surface area contributed by atoms with E-state index in [1.807, 2.05) is 18.2 Å². The van der Waals surface area contributed by atoms with Crippen molar-refractivity contribution in [3.05, 3.63) is 64.8 Å². The number of methoxy groups -OCH3 is 1. The van der Waals surface area contributed by atoms with Gasteiger partial charge in [-0.1, -0.05) is 29.8 Å². The van der Waals surface area contributed by atoms with Crippen LogP contribution in [-0.2, 0) is 0 Å². The molecule has 2 aromatic carbocycles. The van der Waals surface area contributed by atoms with Gasteiger partial charge in [-0.25, -0.2) is 0 Å². The molecule has 0 unspecified atom stereocenters. The quantitative estimate of drug-likeness (QED) is 0.511. The van der Waals surface area contributed by atoms with Gasteiger partial charge in [-0.05, 0) is 35.9 Å². The molecule has 0 aliphatic carbocycles. The van der Waals surface area contributed by atoms with Crippen LogP contribution in [-0.4, -0.2) is 41.0 Å². The molecule has 0 saturated carbocycles. The second-order valence-corrected chi connectivity index (χ2v) is 5.88. The molecule has 0 atom stereocenters. The van der Waals surface area contributed by atoms with Crippen LogP contribution in [0.3, 0.4) is 0 Å². The number of hydrogen-bond acceptors (Lipinski definition) is 5. The Kier molecular flexibility index (Phi) is 5.34. The number of benzene rings is 2. The van der Waals surface area contributed by atoms with E-state index in [0.717, 1.165) is 5.56 Å². The molecule has 0 amide bonds. The number of aromatic hydroxyl groups is 1. The third-order valence-electron chi connectivity index (χ3n) is 3.71. The molecule has 132 valence electrons. The molecule has 6 nitrogen and oxygen atoms in total. The lowest BCUT2D eigenvalue weighted by molar-refractivity contribution is 0.0997. The normalized spacial score (nSPS) is 11.0. The number of halogens is 1. The first-order valence-corrected chi connectivity index (χ1v) is 8.16. The van der Waals surface area contributed by atoms with E-state index >= 15 is 0 Å². The zero-order valence-corrected chi connectivity index (χ0v) is 14.7. The SMILES string of the molecule is COc1ccc(C=NCC(=O)c2cc(-c3ccccc3Cl)n[nH]2)cc1O. The molecule has 1 aromatic heterocycles. The van der Waals surface area contributed by atoms with Crippen molar-refractivity contribution in [3.63, 3.8) is 0 Å². The number of Topliss-reactive ketones (excluding diaryl/α,β-unsaturated/α-hetero) is 1. The van der Waals surface area contributed by atoms with Gasteiger partial charge in [0.2, 0.25) is 5.78 Å². The number of ketones is 1. The van der Waals surface area contributed by atoms with Gasteiger partial charge in [-0.15, -0.1) is 0 Å². The summed E-state index contributed by atoms with van der Waals surface area (Å²) in [4.78, 5) is 16.4. The van der Waals surface area contributed by atoms with Crippen LogP contribution in [0.4, 0.5) is 0 Å². The molecule has 0 spiro atoms. The fraction of sp³-hybridized carbons (Fsp3) is 0.105. The molecule has 0 aliphatic rings. The largest absolute Gasteiger partial charge is 0.504 e. The number of ether oxygens (including phenoxy) is 1. The number of rotatable bonds is 6. The maximum absolute atomic E-state index is 12.2. The molecule has 0 radical (unpaired) electrons. The van der Waals surface area contributed by atoms with E-state index in [9.17, 15) is 9.90 Å². The van der Waals surface area contributed by atoms with Gasteiger partial charge in [0, 0.05) is 11.8 Å². The van der Waals surface area contributed by atoms with Crippen LogP contribution in [0.15, 0.2) is 53.5 Å². The van der Waals surface area contributed by atoms with Crippen molar-refractivity contribution in [2.75, 3.05) is 13.7 Å². The first kappa shape index (κ1) is 17.7. The van der Waals surface area contributed by atoms with Gasteiger partial charge in [-0.3, -0.25) is 14.9 Å². The minimum atomic E-state index is -0.204. The number of carbonyl (C=O) groups excluding carboxylic acids is 1. The van der Waals surface area contributed by atoms with Gasteiger partial charge < -0.3 is 9.84 Å². The molecular weight excluding hydrogens is 354 g/mol. The summed E-state index contributed by atoms with van der Waals surface area (Å²) in [6.07, 6.45) is 1.52. The maximum atomic E-state index is 12.2. The van der Waals surface area contributed by atoms with Crippen molar-refractivity contribution in [2.24, 2.45) is 4.99 Å². The van der Waals surface area contributed by atoms with Gasteiger partial charge in [0.1, 0.15) is 12.2 Å². The van der Waals surface area contributed by atoms with Crippen molar-refractivity contribution in [2.45, 2.75) is 0 Å². The molecule has 3 aromatic rings. The summed E-state index contributed by atoms with van der Waals surface area (Å²) < 4.78 is 4.98. The number of phenols is 1. The molecule has 0 aliphatic heterocycles. The standard InChI is InChI=1S/C19H16ClN3O3/c1-26-19-7-6-12(8-17(19)24)10-21-11-18(25)16-9-15(22-23-16)13-4-2-3-5-14(13)20/h2-10,24H,11H2,1H3,(H,22,23). The van der Waals surface area contributed by atoms with Crippen LogP contribution >= 0.6 is 11.6 Å². The highest BCUT2D eigenvalue weighted by molar-refractivity contribution is 6.33. The lowest BCUT2D eigenvalue weighted by atomic mass is 10.1. The van der Waals surface area contributed by atoms with E-state index in [1.165, 1.54) is 19.4 Å². The Morgan fingerprint density at radius 2 is 2.12 bits per heavy atom. The van der Waals surface area contributed by atoms with Gasteiger partial charge in [0.25, 0.3) is 0 Å². The topological polar surface area (TPSA) is 87.6 Å². The van der Waals surface area contributed by atoms with E-state index in [0.29, 0.717) is 27.7 Å². The molecule has 3 rings (SSSR count). The Hall–Kier alpha value is -3.12. The zero-order valence-electron chi connectivity index (χ0n) is 13.9. The van der Waals surface area contributed by atoms with E-state index < -0.39 is 0 Å². The number of nitrogens with one attached hydrogen (secondary N) is 1. The molecule has 0 saturated heterocycles. The molecule has 0 fully saturated rings. The van der Waals surface area contributed by atoms with Gasteiger partial charge in [0.05, 0.1) is 17.8 Å². The monoisotopic (exact) mass is 369 g/mol. The Morgan fingerprint density at radius 3 is 2.85 bits per heavy atom. The van der Waals surface area contributed by atoms with Crippen molar-refractivity contribution in [1.29, 1.82) is 0 Å². The smallest absolute Gasteiger partial charge is 0.201 e. The highest BCUT2D eigenvalue weighted by atomic mass is 35.5. The summed E-state index contributed by atoms with van der Waals surface area (Å²) >= 11 is 6.14. The number of nitrogens with zero attached hydrogens (tertiary/aromatic N) is 2. The number of phenolic OH excluding ortho intramolecular Hbond substituents is 1. The molecule has 26 heavy (non-hydrogen) atoms. The lowest BCUT2D eigenvalue weighted by Gasteiger charge is -2.02. The molecular formula is C19H16ClN3O3. The van der Waals surface area contributed by atoms with E-state index in [-0.39, 0.29) is 18.1 Å². The van der Waals surface area contributed by atoms with Gasteiger partial charge in [-0.2, -0.15) is 5.10 Å². The summed E-state index contributed by atoms with van der Waals surface area (Å²) in [6.45, 7) is -0.0447. The number of aromatic amines is 1. The number of H-pyrrole nitrogens is 1. The molecule has 7 heteroatoms. The van der Waals surface area contributed by atoms with Crippen LogP contribution in [0.25, 0.3) is 11.3 Å². The number of aromatic nitrogens is 2. The summed E-state index contributed by atoms with van der Waals surface area (Å²) in [6, 6.07) is 13.8. The Morgan fingerprint density at radius 1 is 1.31 bits per heavy atom. The third-order valence-corrected chi connectivity index (χ3v) is 4.04. The third kappa shape index (κ3) is 3.92. The van der Waals surface area contributed by atoms with Gasteiger partial charge in [0.15, 0.2) is 11.5 Å². The average Bonchev–Trinajstić information content (AvgIpc) is 3.12. The van der Waals surface area contributed by atoms with Gasteiger partial charge >= 0.3 is 0 Å². The van der Waals surface area contributed by atoms with Crippen molar-refractivity contribution >= 4 is 23.6 Å². The highest BCUT2D eigenvalue weighted by Gasteiger charge is 2.12. The first-order chi connectivity index (χ1) is 12.6. The van der Waals surface area contributed by atoms with Crippen LogP contribution < -0.4 is 4.74 Å². The number of hydrogen-bond donors (Lipinski definition) is 2. The fourth-order valence-electron chi connectivity index (χ4n) is 2.38. The molecule has 2 N–H and O–H groups in total. The van der Waals surface area contributed by atoms with Crippen molar-refractivity contribution in [3.8, 4) is 22.8 Å².